The minimum Gasteiger partial charge on any atom is -0.494 e. The molecule has 0 aromatic heterocycles. The number of hydrogen-bond acceptors (Lipinski definition) is 4. The van der Waals surface area contributed by atoms with Crippen LogP contribution >= 0.6 is 0 Å². The van der Waals surface area contributed by atoms with Crippen molar-refractivity contribution in [2.24, 2.45) is 0 Å². The minimum atomic E-state index is 0.169. The Labute approximate surface area is 128 Å². The number of nitrogens with zero attached hydrogens (tertiary/aromatic N) is 1. The molecule has 4 nitrogen and oxygen atoms in total. The number of nitrogens with one attached hydrogen (secondary N) is 1. The van der Waals surface area contributed by atoms with Crippen LogP contribution in [0.25, 0.3) is 0 Å². The second kappa shape index (κ2) is 7.78. The lowest BCUT2D eigenvalue weighted by atomic mass is 9.96. The van der Waals surface area contributed by atoms with Gasteiger partial charge in [-0.3, -0.25) is 4.90 Å². The van der Waals surface area contributed by atoms with Gasteiger partial charge in [0.05, 0.1) is 25.4 Å². The summed E-state index contributed by atoms with van der Waals surface area (Å²) in [6.45, 7) is 9.84. The van der Waals surface area contributed by atoms with Gasteiger partial charge in [0.1, 0.15) is 5.75 Å². The molecule has 1 aliphatic heterocycles. The second-order valence-corrected chi connectivity index (χ2v) is 5.75. The van der Waals surface area contributed by atoms with Crippen molar-refractivity contribution in [2.75, 3.05) is 33.4 Å². The first-order valence-corrected chi connectivity index (χ1v) is 7.92. The van der Waals surface area contributed by atoms with Gasteiger partial charge in [0.25, 0.3) is 0 Å². The number of morpholine rings is 1. The van der Waals surface area contributed by atoms with Gasteiger partial charge in [0.15, 0.2) is 0 Å². The fraction of sp³-hybridized carbons (Fsp3) is 0.647. The van der Waals surface area contributed by atoms with E-state index in [-0.39, 0.29) is 12.1 Å². The Bertz CT molecular complexity index is 435. The van der Waals surface area contributed by atoms with Crippen molar-refractivity contribution in [3.63, 3.8) is 0 Å². The summed E-state index contributed by atoms with van der Waals surface area (Å²) >= 11 is 0. The van der Waals surface area contributed by atoms with Crippen LogP contribution in [0.4, 0.5) is 0 Å². The molecule has 0 spiro atoms. The number of ether oxygens (including phenoxy) is 2. The molecule has 1 aromatic rings. The van der Waals surface area contributed by atoms with Gasteiger partial charge in [0, 0.05) is 19.1 Å². The zero-order chi connectivity index (χ0) is 15.2. The predicted octanol–water partition coefficient (Wildman–Crippen LogP) is 2.46. The van der Waals surface area contributed by atoms with Crippen molar-refractivity contribution in [1.29, 1.82) is 0 Å². The molecule has 2 atom stereocenters. The summed E-state index contributed by atoms with van der Waals surface area (Å²) < 4.78 is 11.7. The van der Waals surface area contributed by atoms with Crippen LogP contribution in [0.2, 0.25) is 0 Å². The van der Waals surface area contributed by atoms with Crippen molar-refractivity contribution in [3.05, 3.63) is 29.8 Å². The lowest BCUT2D eigenvalue weighted by Gasteiger charge is -2.43. The highest BCUT2D eigenvalue weighted by Gasteiger charge is 2.34. The smallest absolute Gasteiger partial charge is 0.119 e. The highest BCUT2D eigenvalue weighted by molar-refractivity contribution is 5.31. The van der Waals surface area contributed by atoms with E-state index >= 15 is 0 Å². The van der Waals surface area contributed by atoms with E-state index in [1.807, 2.05) is 20.0 Å². The van der Waals surface area contributed by atoms with Crippen molar-refractivity contribution in [1.82, 2.24) is 10.2 Å². The van der Waals surface area contributed by atoms with E-state index in [9.17, 15) is 0 Å². The van der Waals surface area contributed by atoms with Crippen molar-refractivity contribution in [2.45, 2.75) is 39.0 Å². The first-order chi connectivity index (χ1) is 10.2. The summed E-state index contributed by atoms with van der Waals surface area (Å²) in [5.74, 6) is 0.937. The molecule has 1 fully saturated rings. The van der Waals surface area contributed by atoms with Crippen molar-refractivity contribution in [3.8, 4) is 5.75 Å². The van der Waals surface area contributed by atoms with E-state index in [1.54, 1.807) is 0 Å². The molecule has 1 N–H and O–H groups in total. The van der Waals surface area contributed by atoms with E-state index < -0.39 is 0 Å². The van der Waals surface area contributed by atoms with Crippen LogP contribution in [0.3, 0.4) is 0 Å². The maximum Gasteiger partial charge on any atom is 0.119 e. The molecule has 2 unspecified atom stereocenters. The summed E-state index contributed by atoms with van der Waals surface area (Å²) in [6, 6.07) is 9.19. The zero-order valence-corrected chi connectivity index (χ0v) is 13.6. The third-order valence-electron chi connectivity index (χ3n) is 3.97. The lowest BCUT2D eigenvalue weighted by Crippen LogP contribution is -2.51. The Hall–Kier alpha value is -1.10. The summed E-state index contributed by atoms with van der Waals surface area (Å²) in [4.78, 5) is 2.52. The molecule has 0 aliphatic carbocycles. The number of benzene rings is 1. The van der Waals surface area contributed by atoms with Crippen molar-refractivity contribution >= 4 is 0 Å². The largest absolute Gasteiger partial charge is 0.494 e. The molecular formula is C17H28N2O2. The summed E-state index contributed by atoms with van der Waals surface area (Å²) in [6.07, 6.45) is 0.169. The van der Waals surface area contributed by atoms with Gasteiger partial charge in [-0.25, -0.2) is 0 Å². The summed E-state index contributed by atoms with van der Waals surface area (Å²) in [5, 5.41) is 3.25. The van der Waals surface area contributed by atoms with Crippen LogP contribution in [-0.2, 0) is 4.74 Å². The van der Waals surface area contributed by atoms with E-state index in [2.05, 4.69) is 42.3 Å². The maximum atomic E-state index is 6.02. The Morgan fingerprint density at radius 3 is 2.90 bits per heavy atom. The first-order valence-electron chi connectivity index (χ1n) is 7.92. The van der Waals surface area contributed by atoms with Gasteiger partial charge < -0.3 is 14.8 Å². The molecule has 2 rings (SSSR count). The normalized spacial score (nSPS) is 23.5. The van der Waals surface area contributed by atoms with Crippen LogP contribution in [-0.4, -0.2) is 50.4 Å². The Morgan fingerprint density at radius 1 is 1.43 bits per heavy atom. The molecule has 0 radical (unpaired) electrons. The van der Waals surface area contributed by atoms with Crippen LogP contribution in [0.15, 0.2) is 24.3 Å². The fourth-order valence-corrected chi connectivity index (χ4v) is 3.07. The third kappa shape index (κ3) is 3.96. The van der Waals surface area contributed by atoms with Gasteiger partial charge >= 0.3 is 0 Å². The molecule has 4 heteroatoms. The predicted molar refractivity (Wildman–Crippen MR) is 85.9 cm³/mol. The molecule has 0 saturated carbocycles. The SMILES string of the molecule is CCOc1cccc(C2C(CNC)OCCN2C(C)C)c1. The highest BCUT2D eigenvalue weighted by Crippen LogP contribution is 2.32. The summed E-state index contributed by atoms with van der Waals surface area (Å²) in [5.41, 5.74) is 1.27. The fourth-order valence-electron chi connectivity index (χ4n) is 3.07. The van der Waals surface area contributed by atoms with Gasteiger partial charge in [-0.2, -0.15) is 0 Å². The van der Waals surface area contributed by atoms with Crippen LogP contribution in [0.1, 0.15) is 32.4 Å². The monoisotopic (exact) mass is 292 g/mol. The standard InChI is InChI=1S/C17H28N2O2/c1-5-20-15-8-6-7-14(11-15)17-16(12-18-4)21-10-9-19(17)13(2)3/h6-8,11,13,16-18H,5,9-10,12H2,1-4H3. The van der Waals surface area contributed by atoms with Crippen LogP contribution < -0.4 is 10.1 Å². The maximum absolute atomic E-state index is 6.02. The van der Waals surface area contributed by atoms with Gasteiger partial charge in [-0.05, 0) is 45.5 Å². The van der Waals surface area contributed by atoms with E-state index in [4.69, 9.17) is 9.47 Å². The van der Waals surface area contributed by atoms with Gasteiger partial charge in [0.2, 0.25) is 0 Å². The Kier molecular flexibility index (Phi) is 6.03. The molecule has 0 amide bonds. The second-order valence-electron chi connectivity index (χ2n) is 5.75. The number of rotatable bonds is 6. The zero-order valence-electron chi connectivity index (χ0n) is 13.6. The Morgan fingerprint density at radius 2 is 2.24 bits per heavy atom. The molecule has 118 valence electrons. The third-order valence-corrected chi connectivity index (χ3v) is 3.97. The topological polar surface area (TPSA) is 33.7 Å². The lowest BCUT2D eigenvalue weighted by molar-refractivity contribution is -0.0815. The molecule has 21 heavy (non-hydrogen) atoms. The highest BCUT2D eigenvalue weighted by atomic mass is 16.5. The average molecular weight is 292 g/mol. The van der Waals surface area contributed by atoms with Crippen LogP contribution in [0.5, 0.6) is 5.75 Å². The Balaban J connectivity index is 2.30. The molecule has 1 aliphatic rings. The van der Waals surface area contributed by atoms with Crippen molar-refractivity contribution < 1.29 is 9.47 Å². The molecular weight excluding hydrogens is 264 g/mol. The number of likely N-dealkylation sites (N-methyl/N-ethyl adjacent to an activating group) is 1. The van der Waals surface area contributed by atoms with E-state index in [0.29, 0.717) is 12.6 Å². The van der Waals surface area contributed by atoms with E-state index in [0.717, 1.165) is 25.4 Å². The molecule has 1 heterocycles. The van der Waals surface area contributed by atoms with Gasteiger partial charge in [-0.15, -0.1) is 0 Å². The van der Waals surface area contributed by atoms with E-state index in [1.165, 1.54) is 5.56 Å². The quantitative estimate of drug-likeness (QED) is 0.873. The molecule has 1 saturated heterocycles. The number of hydrogen-bond donors (Lipinski definition) is 1. The molecule has 0 bridgehead atoms. The van der Waals surface area contributed by atoms with Crippen LogP contribution in [0, 0.1) is 0 Å². The molecule has 1 aromatic carbocycles. The minimum absolute atomic E-state index is 0.169. The average Bonchev–Trinajstić information content (AvgIpc) is 2.48. The summed E-state index contributed by atoms with van der Waals surface area (Å²) in [7, 11) is 1.98. The first kappa shape index (κ1) is 16.3. The van der Waals surface area contributed by atoms with Gasteiger partial charge in [-0.1, -0.05) is 12.1 Å².